The van der Waals surface area contributed by atoms with Crippen LogP contribution in [0.15, 0.2) is 42.6 Å². The molecule has 2 N–H and O–H groups in total. The maximum absolute atomic E-state index is 14.3. The lowest BCUT2D eigenvalue weighted by Crippen LogP contribution is -2.28. The van der Waals surface area contributed by atoms with Crippen molar-refractivity contribution in [2.75, 3.05) is 17.2 Å². The predicted octanol–water partition coefficient (Wildman–Crippen LogP) is 6.03. The van der Waals surface area contributed by atoms with Crippen molar-refractivity contribution in [3.05, 3.63) is 65.2 Å². The highest BCUT2D eigenvalue weighted by molar-refractivity contribution is 6.12. The van der Waals surface area contributed by atoms with Gasteiger partial charge in [-0.15, -0.1) is 5.10 Å². The lowest BCUT2D eigenvalue weighted by atomic mass is 10.1. The topological polar surface area (TPSA) is 134 Å². The van der Waals surface area contributed by atoms with Gasteiger partial charge in [0.05, 0.1) is 47.5 Å². The van der Waals surface area contributed by atoms with E-state index in [1.54, 1.807) is 32.9 Å². The Morgan fingerprint density at radius 3 is 2.50 bits per heavy atom. The van der Waals surface area contributed by atoms with E-state index < -0.39 is 58.7 Å². The van der Waals surface area contributed by atoms with Crippen LogP contribution in [-0.2, 0) is 31.8 Å². The van der Waals surface area contributed by atoms with Crippen molar-refractivity contribution in [2.24, 2.45) is 0 Å². The molecule has 44 heavy (non-hydrogen) atoms. The Morgan fingerprint density at radius 2 is 1.82 bits per heavy atom. The smallest absolute Gasteiger partial charge is 0.419 e. The quantitative estimate of drug-likeness (QED) is 0.168. The van der Waals surface area contributed by atoms with Gasteiger partial charge in [0.25, 0.3) is 0 Å². The van der Waals surface area contributed by atoms with Gasteiger partial charge in [-0.25, -0.2) is 13.9 Å². The fourth-order valence-corrected chi connectivity index (χ4v) is 4.26. The number of alkyl halides is 3. The van der Waals surface area contributed by atoms with Crippen molar-refractivity contribution in [1.82, 2.24) is 15.0 Å². The Hall–Kier alpha value is -4.37. The van der Waals surface area contributed by atoms with E-state index >= 15 is 0 Å². The van der Waals surface area contributed by atoms with Gasteiger partial charge >= 0.3 is 12.3 Å². The van der Waals surface area contributed by atoms with Crippen LogP contribution in [0, 0.1) is 5.82 Å². The molecule has 3 aromatic rings. The molecule has 2 amide bonds. The first-order valence-corrected chi connectivity index (χ1v) is 13.7. The molecule has 1 aliphatic rings. The van der Waals surface area contributed by atoms with E-state index in [1.165, 1.54) is 23.0 Å². The van der Waals surface area contributed by atoms with Gasteiger partial charge in [-0.3, -0.25) is 14.9 Å². The fourth-order valence-electron chi connectivity index (χ4n) is 4.26. The summed E-state index contributed by atoms with van der Waals surface area (Å²) in [5.74, 6) is -3.36. The minimum Gasteiger partial charge on any atom is -0.444 e. The molecule has 11 nitrogen and oxygen atoms in total. The van der Waals surface area contributed by atoms with Crippen molar-refractivity contribution >= 4 is 29.2 Å². The van der Waals surface area contributed by atoms with Crippen LogP contribution in [0.25, 0.3) is 5.69 Å². The van der Waals surface area contributed by atoms with Gasteiger partial charge in [0, 0.05) is 18.2 Å². The fraction of sp³-hybridized carbons (Fsp3) is 0.414. The summed E-state index contributed by atoms with van der Waals surface area (Å²) in [6.07, 6.45) is -3.07. The maximum Gasteiger partial charge on any atom is 0.419 e. The number of anilines is 2. The molecule has 0 aliphatic carbocycles. The Bertz CT molecular complexity index is 1510. The second kappa shape index (κ2) is 13.5. The number of Topliss-reactive ketones (excluding diaryl/α,β-unsaturated/α-hetero) is 1. The van der Waals surface area contributed by atoms with Gasteiger partial charge in [-0.1, -0.05) is 17.3 Å². The average Bonchev–Trinajstić information content (AvgIpc) is 3.41. The number of rotatable bonds is 9. The normalized spacial score (nSPS) is 15.5. The van der Waals surface area contributed by atoms with E-state index in [0.717, 1.165) is 19.3 Å². The number of carbonyl (C=O) groups is 3. The highest BCUT2D eigenvalue weighted by Gasteiger charge is 2.35. The van der Waals surface area contributed by atoms with E-state index in [2.05, 4.69) is 20.9 Å². The van der Waals surface area contributed by atoms with Crippen molar-refractivity contribution in [3.63, 3.8) is 0 Å². The number of ether oxygens (including phenoxy) is 3. The molecule has 1 unspecified atom stereocenters. The standard InChI is InChI=1S/C29H31F4N5O6/c1-28(2,3)44-27(41)36-23-13-21(30)20(29(31,32)33)12-22(23)35-25(40)14-24(39)17-7-6-8-18(11-17)38-19(15-34-37-38)16-43-26-9-4-5-10-42-26/h6-8,11-13,15,26H,4-5,9-10,14,16H2,1-3H3,(H,35,40)(H,36,41). The van der Waals surface area contributed by atoms with Gasteiger partial charge in [-0.05, 0) is 58.2 Å². The molecule has 0 radical (unpaired) electrons. The molecule has 4 rings (SSSR count). The Balaban J connectivity index is 1.48. The number of benzene rings is 2. The molecule has 2 aromatic carbocycles. The molecule has 236 valence electrons. The molecule has 0 spiro atoms. The summed E-state index contributed by atoms with van der Waals surface area (Å²) < 4.78 is 72.4. The summed E-state index contributed by atoms with van der Waals surface area (Å²) in [6, 6.07) is 6.90. The minimum absolute atomic E-state index is 0.109. The molecular weight excluding hydrogens is 590 g/mol. The van der Waals surface area contributed by atoms with Crippen molar-refractivity contribution in [1.29, 1.82) is 0 Å². The lowest BCUT2D eigenvalue weighted by Gasteiger charge is -2.22. The number of hydrogen-bond acceptors (Lipinski definition) is 8. The predicted molar refractivity (Wildman–Crippen MR) is 149 cm³/mol. The summed E-state index contributed by atoms with van der Waals surface area (Å²) in [7, 11) is 0. The number of amides is 2. The average molecular weight is 622 g/mol. The largest absolute Gasteiger partial charge is 0.444 e. The highest BCUT2D eigenvalue weighted by atomic mass is 19.4. The third kappa shape index (κ3) is 8.83. The first-order valence-electron chi connectivity index (χ1n) is 13.7. The monoisotopic (exact) mass is 621 g/mol. The Morgan fingerprint density at radius 1 is 1.07 bits per heavy atom. The summed E-state index contributed by atoms with van der Waals surface area (Å²) in [5.41, 5.74) is -2.57. The zero-order valence-electron chi connectivity index (χ0n) is 24.2. The highest BCUT2D eigenvalue weighted by Crippen LogP contribution is 2.36. The van der Waals surface area contributed by atoms with E-state index in [4.69, 9.17) is 14.2 Å². The summed E-state index contributed by atoms with van der Waals surface area (Å²) in [6.45, 7) is 5.41. The van der Waals surface area contributed by atoms with E-state index in [0.29, 0.717) is 30.1 Å². The first kappa shape index (κ1) is 32.5. The molecule has 15 heteroatoms. The van der Waals surface area contributed by atoms with Crippen molar-refractivity contribution < 1.29 is 46.2 Å². The van der Waals surface area contributed by atoms with Crippen molar-refractivity contribution in [2.45, 2.75) is 71.1 Å². The number of hydrogen-bond donors (Lipinski definition) is 2. The number of nitrogens with zero attached hydrogens (tertiary/aromatic N) is 3. The zero-order chi connectivity index (χ0) is 32.1. The third-order valence-corrected chi connectivity index (χ3v) is 6.23. The molecule has 1 fully saturated rings. The van der Waals surface area contributed by atoms with Gasteiger partial charge in [0.1, 0.15) is 11.4 Å². The molecule has 0 bridgehead atoms. The molecule has 1 saturated heterocycles. The van der Waals surface area contributed by atoms with Gasteiger partial charge in [0.15, 0.2) is 12.1 Å². The number of nitrogens with one attached hydrogen (secondary N) is 2. The molecule has 0 saturated carbocycles. The van der Waals surface area contributed by atoms with Gasteiger partial charge < -0.3 is 19.5 Å². The van der Waals surface area contributed by atoms with Crippen LogP contribution in [0.3, 0.4) is 0 Å². The van der Waals surface area contributed by atoms with Gasteiger partial charge in [0.2, 0.25) is 5.91 Å². The van der Waals surface area contributed by atoms with Gasteiger partial charge in [-0.2, -0.15) is 13.2 Å². The van der Waals surface area contributed by atoms with E-state index in [1.807, 2.05) is 0 Å². The van der Waals surface area contributed by atoms with Crippen LogP contribution >= 0.6 is 0 Å². The molecule has 1 aliphatic heterocycles. The minimum atomic E-state index is -5.10. The maximum atomic E-state index is 14.3. The van der Waals surface area contributed by atoms with E-state index in [9.17, 15) is 31.9 Å². The number of halogens is 4. The Labute approximate surface area is 249 Å². The second-order valence-electron chi connectivity index (χ2n) is 10.9. The number of carbonyl (C=O) groups excluding carboxylic acids is 3. The molecule has 1 atom stereocenters. The Kier molecular flexibility index (Phi) is 9.99. The van der Waals surface area contributed by atoms with Crippen molar-refractivity contribution in [3.8, 4) is 5.69 Å². The number of ketones is 1. The molecule has 2 heterocycles. The molecular formula is C29H31F4N5O6. The summed E-state index contributed by atoms with van der Waals surface area (Å²) >= 11 is 0. The summed E-state index contributed by atoms with van der Waals surface area (Å²) in [4.78, 5) is 38.0. The summed E-state index contributed by atoms with van der Waals surface area (Å²) in [5, 5.41) is 12.3. The van der Waals surface area contributed by atoms with Crippen LogP contribution in [0.1, 0.15) is 68.1 Å². The van der Waals surface area contributed by atoms with Crippen LogP contribution in [0.5, 0.6) is 0 Å². The third-order valence-electron chi connectivity index (χ3n) is 6.23. The van der Waals surface area contributed by atoms with Crippen LogP contribution in [-0.4, -0.2) is 51.3 Å². The van der Waals surface area contributed by atoms with Crippen LogP contribution in [0.4, 0.5) is 33.7 Å². The number of aromatic nitrogens is 3. The molecule has 1 aromatic heterocycles. The van der Waals surface area contributed by atoms with Crippen LogP contribution in [0.2, 0.25) is 0 Å². The second-order valence-corrected chi connectivity index (χ2v) is 10.9. The SMILES string of the molecule is CC(C)(C)OC(=O)Nc1cc(F)c(C(F)(F)F)cc1NC(=O)CC(=O)c1cccc(-n2nncc2COC2CCCCO2)c1. The van der Waals surface area contributed by atoms with E-state index in [-0.39, 0.29) is 18.5 Å². The zero-order valence-corrected chi connectivity index (χ0v) is 24.2. The van der Waals surface area contributed by atoms with Crippen LogP contribution < -0.4 is 10.6 Å². The lowest BCUT2D eigenvalue weighted by molar-refractivity contribution is -0.169. The first-order chi connectivity index (χ1) is 20.7.